The Bertz CT molecular complexity index is 375. The molecule has 0 aromatic heterocycles. The maximum absolute atomic E-state index is 11.3. The first kappa shape index (κ1) is 15.7. The number of hydrogen-bond donors (Lipinski definition) is 0. The van der Waals surface area contributed by atoms with E-state index >= 15 is 0 Å². The van der Waals surface area contributed by atoms with Gasteiger partial charge in [-0.3, -0.25) is 4.18 Å². The fraction of sp³-hybridized carbons (Fsp3) is 0.778. The Morgan fingerprint density at radius 1 is 1.31 bits per heavy atom. The lowest BCUT2D eigenvalue weighted by atomic mass is 10.8. The zero-order valence-corrected chi connectivity index (χ0v) is 11.2. The number of rotatable bonds is 8. The van der Waals surface area contributed by atoms with Crippen molar-refractivity contribution >= 4 is 17.3 Å². The van der Waals surface area contributed by atoms with Gasteiger partial charge in [-0.05, 0) is 13.3 Å². The third-order valence-electron chi connectivity index (χ3n) is 1.57. The van der Waals surface area contributed by atoms with Crippen LogP contribution in [0.25, 0.3) is 0 Å². The third kappa shape index (κ3) is 10.2. The van der Waals surface area contributed by atoms with Crippen LogP contribution in [-0.2, 0) is 23.6 Å². The molecule has 16 heavy (non-hydrogen) atoms. The molecule has 0 aliphatic carbocycles. The summed E-state index contributed by atoms with van der Waals surface area (Å²) >= 11 is 0. The van der Waals surface area contributed by atoms with E-state index in [4.69, 9.17) is 11.2 Å². The van der Waals surface area contributed by atoms with Gasteiger partial charge in [0.25, 0.3) is 10.1 Å². The third-order valence-corrected chi connectivity index (χ3v) is 3.98. The summed E-state index contributed by atoms with van der Waals surface area (Å²) in [5, 5.41) is 0. The molecule has 94 valence electrons. The summed E-state index contributed by atoms with van der Waals surface area (Å²) in [4.78, 5) is 0. The minimum atomic E-state index is -3.60. The first-order valence-electron chi connectivity index (χ1n) is 4.69. The van der Waals surface area contributed by atoms with Crippen molar-refractivity contribution in [1.82, 2.24) is 0 Å². The van der Waals surface area contributed by atoms with E-state index in [9.17, 15) is 13.0 Å². The molecule has 0 bridgehead atoms. The zero-order chi connectivity index (χ0) is 12.7. The summed E-state index contributed by atoms with van der Waals surface area (Å²) in [5.41, 5.74) is 0. The molecule has 0 fully saturated rings. The molecule has 0 aliphatic rings. The molecule has 0 saturated heterocycles. The van der Waals surface area contributed by atoms with E-state index in [0.717, 1.165) is 0 Å². The highest BCUT2D eigenvalue weighted by atomic mass is 32.2. The fourth-order valence-electron chi connectivity index (χ4n) is 0.730. The van der Waals surface area contributed by atoms with Crippen LogP contribution >= 0.6 is 7.14 Å². The van der Waals surface area contributed by atoms with Gasteiger partial charge in [-0.15, -0.1) is 6.42 Å². The summed E-state index contributed by atoms with van der Waals surface area (Å²) in [6, 6.07) is 0. The van der Waals surface area contributed by atoms with Crippen LogP contribution in [0.4, 0.5) is 0 Å². The molecular formula is C9H17O5PS. The Hall–Kier alpha value is -0.340. The summed E-state index contributed by atoms with van der Waals surface area (Å²) in [6.07, 6.45) is 5.30. The molecule has 0 amide bonds. The minimum Gasteiger partial charge on any atom is -0.380 e. The predicted octanol–water partition coefficient (Wildman–Crippen LogP) is 0.605. The van der Waals surface area contributed by atoms with Gasteiger partial charge in [-0.1, -0.05) is 5.92 Å². The van der Waals surface area contributed by atoms with E-state index in [1.165, 1.54) is 0 Å². The van der Waals surface area contributed by atoms with Crippen molar-refractivity contribution in [3.63, 3.8) is 0 Å². The predicted molar refractivity (Wildman–Crippen MR) is 63.7 cm³/mol. The highest BCUT2D eigenvalue weighted by Crippen LogP contribution is 2.34. The molecule has 0 aliphatic heterocycles. The normalized spacial score (nSPS) is 12.3. The molecule has 0 N–H and O–H groups in total. The molecule has 0 aromatic rings. The quantitative estimate of drug-likeness (QED) is 0.279. The number of ether oxygens (including phenoxy) is 1. The van der Waals surface area contributed by atoms with Gasteiger partial charge in [0.05, 0.1) is 26.1 Å². The molecule has 0 rings (SSSR count). The average molecular weight is 268 g/mol. The van der Waals surface area contributed by atoms with Gasteiger partial charge in [0, 0.05) is 6.16 Å². The van der Waals surface area contributed by atoms with E-state index in [1.807, 2.05) is 0 Å². The number of terminal acetylenes is 1. The Balaban J connectivity index is 3.67. The lowest BCUT2D eigenvalue weighted by Gasteiger charge is -2.07. The van der Waals surface area contributed by atoms with Crippen molar-refractivity contribution in [2.75, 3.05) is 45.1 Å². The monoisotopic (exact) mass is 268 g/mol. The maximum atomic E-state index is 11.3. The molecule has 0 unspecified atom stereocenters. The lowest BCUT2D eigenvalue weighted by Crippen LogP contribution is -2.16. The Labute approximate surface area is 97.0 Å². The second-order valence-corrected chi connectivity index (χ2v) is 8.99. The largest absolute Gasteiger partial charge is 0.380 e. The molecule has 0 aromatic carbocycles. The van der Waals surface area contributed by atoms with Crippen LogP contribution < -0.4 is 0 Å². The van der Waals surface area contributed by atoms with Gasteiger partial charge in [-0.2, -0.15) is 8.42 Å². The van der Waals surface area contributed by atoms with Gasteiger partial charge in [-0.25, -0.2) is 0 Å². The van der Waals surface area contributed by atoms with Crippen molar-refractivity contribution < 1.29 is 21.9 Å². The summed E-state index contributed by atoms with van der Waals surface area (Å²) in [7, 11) is -5.69. The van der Waals surface area contributed by atoms with Crippen molar-refractivity contribution in [2.45, 2.75) is 0 Å². The molecular weight excluding hydrogens is 251 g/mol. The van der Waals surface area contributed by atoms with Gasteiger partial charge >= 0.3 is 0 Å². The Morgan fingerprint density at radius 2 is 1.94 bits per heavy atom. The van der Waals surface area contributed by atoms with E-state index in [1.54, 1.807) is 13.3 Å². The van der Waals surface area contributed by atoms with Crippen LogP contribution in [-0.4, -0.2) is 53.5 Å². The summed E-state index contributed by atoms with van der Waals surface area (Å²) in [5.74, 6) is 1.82. The van der Waals surface area contributed by atoms with Crippen LogP contribution in [0.5, 0.6) is 0 Å². The van der Waals surface area contributed by atoms with E-state index in [2.05, 4.69) is 10.1 Å². The molecule has 0 heterocycles. The van der Waals surface area contributed by atoms with Crippen LogP contribution in [0.15, 0.2) is 0 Å². The average Bonchev–Trinajstić information content (AvgIpc) is 2.12. The standard InChI is InChI=1S/C9H17O5PS/c1-4-5-14-16(11,12)9-7-13-6-8-15(2,3)10/h1H,5-9H2,2-3H3. The van der Waals surface area contributed by atoms with Crippen LogP contribution in [0.1, 0.15) is 0 Å². The van der Waals surface area contributed by atoms with Gasteiger partial charge < -0.3 is 9.30 Å². The van der Waals surface area contributed by atoms with Gasteiger partial charge in [0.1, 0.15) is 6.61 Å². The fourth-order valence-corrected chi connectivity index (χ4v) is 1.99. The molecule has 0 saturated carbocycles. The van der Waals surface area contributed by atoms with Crippen LogP contribution in [0.3, 0.4) is 0 Å². The van der Waals surface area contributed by atoms with Crippen molar-refractivity contribution in [3.8, 4) is 12.3 Å². The van der Waals surface area contributed by atoms with E-state index < -0.39 is 17.3 Å². The highest BCUT2D eigenvalue weighted by molar-refractivity contribution is 7.86. The van der Waals surface area contributed by atoms with E-state index in [0.29, 0.717) is 6.16 Å². The van der Waals surface area contributed by atoms with Gasteiger partial charge in [0.2, 0.25) is 0 Å². The van der Waals surface area contributed by atoms with Crippen molar-refractivity contribution in [1.29, 1.82) is 0 Å². The smallest absolute Gasteiger partial charge is 0.270 e. The summed E-state index contributed by atoms with van der Waals surface area (Å²) < 4.78 is 42.9. The maximum Gasteiger partial charge on any atom is 0.270 e. The first-order chi connectivity index (χ1) is 7.27. The van der Waals surface area contributed by atoms with Crippen molar-refractivity contribution in [2.24, 2.45) is 0 Å². The Morgan fingerprint density at radius 3 is 2.44 bits per heavy atom. The summed E-state index contributed by atoms with van der Waals surface area (Å²) in [6.45, 7) is 3.36. The van der Waals surface area contributed by atoms with Crippen LogP contribution in [0, 0.1) is 12.3 Å². The van der Waals surface area contributed by atoms with Crippen LogP contribution in [0.2, 0.25) is 0 Å². The molecule has 7 heteroatoms. The topological polar surface area (TPSA) is 69.7 Å². The van der Waals surface area contributed by atoms with Gasteiger partial charge in [0.15, 0.2) is 0 Å². The zero-order valence-electron chi connectivity index (χ0n) is 9.51. The van der Waals surface area contributed by atoms with Crippen molar-refractivity contribution in [3.05, 3.63) is 0 Å². The van der Waals surface area contributed by atoms with E-state index in [-0.39, 0.29) is 25.6 Å². The Kier molecular flexibility index (Phi) is 6.93. The molecule has 0 spiro atoms. The highest BCUT2D eigenvalue weighted by Gasteiger charge is 2.11. The number of hydrogen-bond acceptors (Lipinski definition) is 5. The molecule has 0 radical (unpaired) electrons. The molecule has 0 atom stereocenters. The SMILES string of the molecule is C#CCOS(=O)(=O)CCOCCP(C)(C)=O. The first-order valence-corrected chi connectivity index (χ1v) is 9.05. The molecule has 5 nitrogen and oxygen atoms in total. The minimum absolute atomic E-state index is 0.0207. The second-order valence-electron chi connectivity index (χ2n) is 3.64. The lowest BCUT2D eigenvalue weighted by molar-refractivity contribution is 0.162. The second kappa shape index (κ2) is 7.08.